The third-order valence-electron chi connectivity index (χ3n) is 1.72. The molecule has 0 saturated heterocycles. The molecule has 0 radical (unpaired) electrons. The van der Waals surface area contributed by atoms with Crippen LogP contribution in [0.1, 0.15) is 33.1 Å². The maximum atomic E-state index is 9.79. The molecule has 0 aliphatic carbocycles. The van der Waals surface area contributed by atoms with Crippen molar-refractivity contribution in [1.82, 2.24) is 0 Å². The molecule has 0 aromatic rings. The fourth-order valence-corrected chi connectivity index (χ4v) is 0.988. The van der Waals surface area contributed by atoms with Crippen molar-refractivity contribution in [2.24, 2.45) is 5.92 Å². The summed E-state index contributed by atoms with van der Waals surface area (Å²) in [6.45, 7) is 8.65. The van der Waals surface area contributed by atoms with Crippen molar-refractivity contribution in [1.29, 1.82) is 0 Å². The average molecular weight is 182 g/mol. The Balaban J connectivity index is 3.45. The van der Waals surface area contributed by atoms with Gasteiger partial charge >= 0.3 is 0 Å². The van der Waals surface area contributed by atoms with E-state index < -0.39 is 0 Å². The molecule has 0 fully saturated rings. The smallest absolute Gasteiger partial charge is 0.297 e. The van der Waals surface area contributed by atoms with Crippen molar-refractivity contribution < 1.29 is 9.53 Å². The maximum Gasteiger partial charge on any atom is 0.297 e. The topological polar surface area (TPSA) is 26.3 Å². The Bertz CT molecular complexity index is 181. The highest BCUT2D eigenvalue weighted by Gasteiger charge is 1.94. The average Bonchev–Trinajstić information content (AvgIpc) is 2.04. The highest BCUT2D eigenvalue weighted by Crippen LogP contribution is 2.11. The number of ether oxygens (including phenoxy) is 1. The minimum Gasteiger partial charge on any atom is -0.437 e. The summed E-state index contributed by atoms with van der Waals surface area (Å²) in [5, 5.41) is 0. The molecule has 2 nitrogen and oxygen atoms in total. The van der Waals surface area contributed by atoms with Crippen LogP contribution in [-0.4, -0.2) is 6.47 Å². The minimum absolute atomic E-state index is 0.401. The van der Waals surface area contributed by atoms with Crippen molar-refractivity contribution in [3.63, 3.8) is 0 Å². The van der Waals surface area contributed by atoms with Gasteiger partial charge in [-0.1, -0.05) is 32.4 Å². The van der Waals surface area contributed by atoms with E-state index in [1.165, 1.54) is 12.7 Å². The highest BCUT2D eigenvalue weighted by molar-refractivity contribution is 5.38. The summed E-state index contributed by atoms with van der Waals surface area (Å²) >= 11 is 0. The van der Waals surface area contributed by atoms with E-state index in [1.54, 1.807) is 6.08 Å². The SMILES string of the molecule is C=C(C=COC=O)CCCC(C)C. The lowest BCUT2D eigenvalue weighted by Crippen LogP contribution is -1.87. The van der Waals surface area contributed by atoms with Crippen LogP contribution < -0.4 is 0 Å². The lowest BCUT2D eigenvalue weighted by Gasteiger charge is -2.03. The van der Waals surface area contributed by atoms with Gasteiger partial charge in [0, 0.05) is 0 Å². The Morgan fingerprint density at radius 1 is 1.54 bits per heavy atom. The largest absolute Gasteiger partial charge is 0.437 e. The first-order valence-corrected chi connectivity index (χ1v) is 4.60. The van der Waals surface area contributed by atoms with Gasteiger partial charge in [0.05, 0.1) is 6.26 Å². The molecule has 0 aliphatic rings. The number of carbonyl (C=O) groups is 1. The van der Waals surface area contributed by atoms with Crippen LogP contribution in [0, 0.1) is 5.92 Å². The lowest BCUT2D eigenvalue weighted by molar-refractivity contribution is -0.123. The van der Waals surface area contributed by atoms with Crippen molar-refractivity contribution >= 4 is 6.47 Å². The van der Waals surface area contributed by atoms with Crippen LogP contribution in [-0.2, 0) is 9.53 Å². The van der Waals surface area contributed by atoms with Gasteiger partial charge in [-0.3, -0.25) is 4.79 Å². The Hall–Kier alpha value is -1.05. The van der Waals surface area contributed by atoms with Gasteiger partial charge in [-0.2, -0.15) is 0 Å². The zero-order valence-electron chi connectivity index (χ0n) is 8.45. The molecule has 0 N–H and O–H groups in total. The lowest BCUT2D eigenvalue weighted by atomic mass is 10.0. The Labute approximate surface area is 80.3 Å². The molecule has 0 saturated carbocycles. The second-order valence-corrected chi connectivity index (χ2v) is 3.48. The Morgan fingerprint density at radius 2 is 2.23 bits per heavy atom. The molecule has 0 aliphatic heterocycles. The zero-order chi connectivity index (χ0) is 10.1. The fourth-order valence-electron chi connectivity index (χ4n) is 0.988. The molecule has 0 unspecified atom stereocenters. The van der Waals surface area contributed by atoms with Gasteiger partial charge in [0.25, 0.3) is 6.47 Å². The summed E-state index contributed by atoms with van der Waals surface area (Å²) in [5.74, 6) is 0.739. The molecule has 0 rings (SSSR count). The zero-order valence-corrected chi connectivity index (χ0v) is 8.45. The van der Waals surface area contributed by atoms with Gasteiger partial charge in [-0.05, 0) is 24.8 Å². The van der Waals surface area contributed by atoms with Gasteiger partial charge in [0.15, 0.2) is 0 Å². The summed E-state index contributed by atoms with van der Waals surface area (Å²) in [6, 6.07) is 0. The number of rotatable bonds is 7. The van der Waals surface area contributed by atoms with E-state index in [0.717, 1.165) is 24.3 Å². The fraction of sp³-hybridized carbons (Fsp3) is 0.545. The van der Waals surface area contributed by atoms with Crippen LogP contribution in [0.3, 0.4) is 0 Å². The molecule has 13 heavy (non-hydrogen) atoms. The molecule has 0 heterocycles. The van der Waals surface area contributed by atoms with Crippen LogP contribution in [0.5, 0.6) is 0 Å². The molecule has 0 amide bonds. The van der Waals surface area contributed by atoms with Gasteiger partial charge in [-0.15, -0.1) is 0 Å². The molecular weight excluding hydrogens is 164 g/mol. The van der Waals surface area contributed by atoms with E-state index in [9.17, 15) is 4.79 Å². The third kappa shape index (κ3) is 8.86. The second kappa shape index (κ2) is 7.59. The van der Waals surface area contributed by atoms with Crippen LogP contribution in [0.25, 0.3) is 0 Å². The Kier molecular flexibility index (Phi) is 6.98. The van der Waals surface area contributed by atoms with E-state index in [-0.39, 0.29) is 0 Å². The van der Waals surface area contributed by atoms with Crippen molar-refractivity contribution in [2.45, 2.75) is 33.1 Å². The van der Waals surface area contributed by atoms with Crippen LogP contribution in [0.4, 0.5) is 0 Å². The van der Waals surface area contributed by atoms with E-state index in [1.807, 2.05) is 0 Å². The summed E-state index contributed by atoms with van der Waals surface area (Å²) in [4.78, 5) is 9.79. The third-order valence-corrected chi connectivity index (χ3v) is 1.72. The first-order chi connectivity index (χ1) is 6.16. The molecule has 0 bridgehead atoms. The summed E-state index contributed by atoms with van der Waals surface area (Å²) in [5.41, 5.74) is 1.00. The molecule has 0 spiro atoms. The monoisotopic (exact) mass is 182 g/mol. The number of allylic oxidation sites excluding steroid dienone is 2. The van der Waals surface area contributed by atoms with Crippen molar-refractivity contribution in [3.05, 3.63) is 24.5 Å². The molecule has 74 valence electrons. The molecule has 0 atom stereocenters. The number of hydrogen-bond acceptors (Lipinski definition) is 2. The standard InChI is InChI=1S/C11H18O2/c1-10(2)5-4-6-11(3)7-8-13-9-12/h7-10H,3-6H2,1-2H3. The van der Waals surface area contributed by atoms with Gasteiger partial charge in [-0.25, -0.2) is 0 Å². The van der Waals surface area contributed by atoms with Crippen LogP contribution in [0.15, 0.2) is 24.5 Å². The predicted octanol–water partition coefficient (Wildman–Crippen LogP) is 3.06. The van der Waals surface area contributed by atoms with Gasteiger partial charge in [0.1, 0.15) is 0 Å². The summed E-state index contributed by atoms with van der Waals surface area (Å²) < 4.78 is 4.41. The Morgan fingerprint density at radius 3 is 2.77 bits per heavy atom. The van der Waals surface area contributed by atoms with E-state index >= 15 is 0 Å². The number of hydrogen-bond donors (Lipinski definition) is 0. The molecule has 0 aromatic carbocycles. The van der Waals surface area contributed by atoms with Crippen molar-refractivity contribution in [3.8, 4) is 0 Å². The first kappa shape index (κ1) is 11.9. The van der Waals surface area contributed by atoms with Crippen LogP contribution in [0.2, 0.25) is 0 Å². The van der Waals surface area contributed by atoms with Gasteiger partial charge < -0.3 is 4.74 Å². The van der Waals surface area contributed by atoms with Crippen molar-refractivity contribution in [2.75, 3.05) is 0 Å². The predicted molar refractivity (Wildman–Crippen MR) is 54.1 cm³/mol. The maximum absolute atomic E-state index is 9.79. The molecular formula is C11H18O2. The normalized spacial score (nSPS) is 10.7. The molecule has 2 heteroatoms. The summed E-state index contributed by atoms with van der Waals surface area (Å²) in [7, 11) is 0. The molecule has 0 aromatic heterocycles. The summed E-state index contributed by atoms with van der Waals surface area (Å²) in [6.07, 6.45) is 6.42. The van der Waals surface area contributed by atoms with Gasteiger partial charge in [0.2, 0.25) is 0 Å². The number of carbonyl (C=O) groups excluding carboxylic acids is 1. The first-order valence-electron chi connectivity index (χ1n) is 4.60. The minimum atomic E-state index is 0.401. The van der Waals surface area contributed by atoms with E-state index in [4.69, 9.17) is 0 Å². The van der Waals surface area contributed by atoms with Crippen LogP contribution >= 0.6 is 0 Å². The van der Waals surface area contributed by atoms with E-state index in [2.05, 4.69) is 25.2 Å². The second-order valence-electron chi connectivity index (χ2n) is 3.48. The highest BCUT2D eigenvalue weighted by atomic mass is 16.5. The quantitative estimate of drug-likeness (QED) is 0.343. The van der Waals surface area contributed by atoms with E-state index in [0.29, 0.717) is 6.47 Å².